The number of carbonyl (C=O) groups excluding carboxylic acids is 3. The van der Waals surface area contributed by atoms with E-state index in [9.17, 15) is 24.3 Å². The summed E-state index contributed by atoms with van der Waals surface area (Å²) in [5, 5.41) is 15.6. The molecule has 3 saturated heterocycles. The van der Waals surface area contributed by atoms with Crippen molar-refractivity contribution in [3.05, 3.63) is 48.0 Å². The molecular formula is C32H42N4O5. The van der Waals surface area contributed by atoms with Crippen LogP contribution in [-0.4, -0.2) is 88.9 Å². The van der Waals surface area contributed by atoms with Crippen LogP contribution in [0, 0.1) is 11.8 Å². The maximum absolute atomic E-state index is 13.1. The Kier molecular flexibility index (Phi) is 9.54. The molecule has 2 N–H and O–H groups in total. The number of urea groups is 1. The molecule has 0 bridgehead atoms. The number of fused-ring (bicyclic) bond motifs is 1. The second-order valence-electron chi connectivity index (χ2n) is 11.8. The van der Waals surface area contributed by atoms with Crippen molar-refractivity contribution in [3.63, 3.8) is 0 Å². The smallest absolute Gasteiger partial charge is 0.327 e. The fourth-order valence-corrected chi connectivity index (χ4v) is 6.56. The average molecular weight is 563 g/mol. The molecule has 0 radical (unpaired) electrons. The number of β-lactam (4-membered cyclic amide) rings is 1. The van der Waals surface area contributed by atoms with E-state index >= 15 is 0 Å². The summed E-state index contributed by atoms with van der Waals surface area (Å²) in [6.07, 6.45) is 7.92. The molecule has 9 heteroatoms. The molecule has 0 aliphatic carbocycles. The highest BCUT2D eigenvalue weighted by Gasteiger charge is 2.56. The van der Waals surface area contributed by atoms with E-state index in [-0.39, 0.29) is 11.8 Å². The van der Waals surface area contributed by atoms with Gasteiger partial charge in [-0.1, -0.05) is 55.3 Å². The Morgan fingerprint density at radius 3 is 2.27 bits per heavy atom. The van der Waals surface area contributed by atoms with Crippen LogP contribution >= 0.6 is 0 Å². The van der Waals surface area contributed by atoms with Crippen LogP contribution in [0.2, 0.25) is 0 Å². The van der Waals surface area contributed by atoms with Gasteiger partial charge in [0, 0.05) is 32.6 Å². The van der Waals surface area contributed by atoms with Gasteiger partial charge in [0.1, 0.15) is 0 Å². The van der Waals surface area contributed by atoms with Crippen molar-refractivity contribution < 1.29 is 24.3 Å². The zero-order valence-corrected chi connectivity index (χ0v) is 23.8. The van der Waals surface area contributed by atoms with E-state index in [0.29, 0.717) is 44.9 Å². The summed E-state index contributed by atoms with van der Waals surface area (Å²) in [5.41, 5.74) is 1.35. The largest absolute Gasteiger partial charge is 0.480 e. The van der Waals surface area contributed by atoms with Gasteiger partial charge in [-0.25, -0.2) is 14.5 Å². The number of hydrogen-bond donors (Lipinski definition) is 2. The minimum atomic E-state index is -1.12. The Bertz CT molecular complexity index is 1250. The summed E-state index contributed by atoms with van der Waals surface area (Å²) in [6.45, 7) is 3.19. The van der Waals surface area contributed by atoms with Gasteiger partial charge in [0.2, 0.25) is 11.8 Å². The van der Waals surface area contributed by atoms with Gasteiger partial charge >= 0.3 is 12.0 Å². The molecular weight excluding hydrogens is 520 g/mol. The maximum Gasteiger partial charge on any atom is 0.327 e. The molecule has 0 saturated carbocycles. The molecule has 0 aromatic heterocycles. The van der Waals surface area contributed by atoms with Crippen molar-refractivity contribution in [2.45, 2.75) is 63.8 Å². The van der Waals surface area contributed by atoms with Gasteiger partial charge in [-0.3, -0.25) is 9.59 Å². The molecule has 220 valence electrons. The van der Waals surface area contributed by atoms with Gasteiger partial charge in [-0.15, -0.1) is 0 Å². The van der Waals surface area contributed by atoms with Crippen molar-refractivity contribution in [1.82, 2.24) is 20.0 Å². The number of piperazine rings is 1. The Morgan fingerprint density at radius 1 is 0.854 bits per heavy atom. The lowest BCUT2D eigenvalue weighted by Crippen LogP contribution is -2.69. The summed E-state index contributed by atoms with van der Waals surface area (Å²) in [6, 6.07) is 13.4. The lowest BCUT2D eigenvalue weighted by molar-refractivity contribution is -0.167. The van der Waals surface area contributed by atoms with Crippen molar-refractivity contribution >= 4 is 34.6 Å². The van der Waals surface area contributed by atoms with Crippen LogP contribution in [0.1, 0.15) is 56.9 Å². The number of likely N-dealkylation sites (tertiary alicyclic amines) is 1. The quantitative estimate of drug-likeness (QED) is 0.336. The number of rotatable bonds is 10. The number of hydrogen-bond acceptors (Lipinski definition) is 5. The first-order valence-electron chi connectivity index (χ1n) is 15.2. The average Bonchev–Trinajstić information content (AvgIpc) is 3.00. The maximum atomic E-state index is 13.1. The zero-order chi connectivity index (χ0) is 28.8. The molecule has 3 aliphatic heterocycles. The van der Waals surface area contributed by atoms with E-state index < -0.39 is 24.0 Å². The van der Waals surface area contributed by atoms with Crippen LogP contribution in [0.5, 0.6) is 0 Å². The third-order valence-corrected chi connectivity index (χ3v) is 9.04. The predicted molar refractivity (Wildman–Crippen MR) is 156 cm³/mol. The lowest BCUT2D eigenvalue weighted by atomic mass is 9.78. The van der Waals surface area contributed by atoms with Crippen molar-refractivity contribution in [2.75, 3.05) is 39.3 Å². The van der Waals surface area contributed by atoms with E-state index in [2.05, 4.69) is 47.8 Å². The lowest BCUT2D eigenvalue weighted by Gasteiger charge is -2.47. The Labute approximate surface area is 241 Å². The first-order chi connectivity index (χ1) is 19.9. The fraction of sp³-hybridized carbons (Fsp3) is 0.562. The van der Waals surface area contributed by atoms with E-state index in [4.69, 9.17) is 0 Å². The van der Waals surface area contributed by atoms with Gasteiger partial charge in [-0.2, -0.15) is 0 Å². The molecule has 3 aliphatic rings. The Morgan fingerprint density at radius 2 is 1.54 bits per heavy atom. The number of carbonyl (C=O) groups is 4. The number of benzene rings is 2. The summed E-state index contributed by atoms with van der Waals surface area (Å²) < 4.78 is 0. The highest BCUT2D eigenvalue weighted by Crippen LogP contribution is 2.35. The fourth-order valence-electron chi connectivity index (χ4n) is 6.56. The standard InChI is InChI=1S/C32H42N4O5/c37-28(10-4-2-1-3-7-23-11-12-25-8-5-6-9-26(25)21-23)34-17-19-35(20-18-34)32(41)36-29(31(39)40)27(30(36)38)22-24-13-15-33-16-14-24/h5-6,8-9,11-12,21,24,27,29,33H,1-4,7,10,13-20,22H2,(H,39,40)/t27-,29+/m1/s1. The summed E-state index contributed by atoms with van der Waals surface area (Å²) in [7, 11) is 0. The number of aryl methyl sites for hydroxylation is 1. The zero-order valence-electron chi connectivity index (χ0n) is 23.8. The Hall–Kier alpha value is -3.46. The highest BCUT2D eigenvalue weighted by molar-refractivity contribution is 6.07. The molecule has 3 heterocycles. The monoisotopic (exact) mass is 562 g/mol. The molecule has 2 aromatic rings. The van der Waals surface area contributed by atoms with Crippen LogP contribution in [0.25, 0.3) is 10.8 Å². The van der Waals surface area contributed by atoms with E-state index in [0.717, 1.165) is 62.9 Å². The van der Waals surface area contributed by atoms with Crippen LogP contribution < -0.4 is 5.32 Å². The molecule has 5 rings (SSSR count). The van der Waals surface area contributed by atoms with E-state index in [1.54, 1.807) is 4.90 Å². The van der Waals surface area contributed by atoms with Crippen LogP contribution in [0.4, 0.5) is 4.79 Å². The summed E-state index contributed by atoms with van der Waals surface area (Å²) >= 11 is 0. The molecule has 2 atom stereocenters. The van der Waals surface area contributed by atoms with Crippen molar-refractivity contribution in [2.24, 2.45) is 11.8 Å². The van der Waals surface area contributed by atoms with Gasteiger partial charge in [0.05, 0.1) is 5.92 Å². The minimum absolute atomic E-state index is 0.0945. The number of imide groups is 1. The topological polar surface area (TPSA) is 110 Å². The third kappa shape index (κ3) is 6.89. The molecule has 0 unspecified atom stereocenters. The highest BCUT2D eigenvalue weighted by atomic mass is 16.4. The van der Waals surface area contributed by atoms with Crippen LogP contribution in [0.15, 0.2) is 42.5 Å². The second-order valence-corrected chi connectivity index (χ2v) is 11.8. The normalized spacial score (nSPS) is 21.7. The van der Waals surface area contributed by atoms with Gasteiger partial charge in [0.15, 0.2) is 6.04 Å². The van der Waals surface area contributed by atoms with Gasteiger partial charge < -0.3 is 20.2 Å². The molecule has 4 amide bonds. The second kappa shape index (κ2) is 13.5. The van der Waals surface area contributed by atoms with Gasteiger partial charge in [-0.05, 0) is 73.9 Å². The molecule has 3 fully saturated rings. The SMILES string of the molecule is O=C(O)[C@@H]1[C@@H](CC2CCNCC2)C(=O)N1C(=O)N1CCN(C(=O)CCCCCCc2ccc3ccccc3c2)CC1. The van der Waals surface area contributed by atoms with Crippen molar-refractivity contribution in [1.29, 1.82) is 0 Å². The van der Waals surface area contributed by atoms with E-state index in [1.807, 2.05) is 0 Å². The predicted octanol–water partition coefficient (Wildman–Crippen LogP) is 3.90. The number of carboxylic acids is 1. The third-order valence-electron chi connectivity index (χ3n) is 9.04. The number of unbranched alkanes of at least 4 members (excludes halogenated alkanes) is 3. The molecule has 9 nitrogen and oxygen atoms in total. The number of nitrogens with one attached hydrogen (secondary N) is 1. The number of nitrogens with zero attached hydrogens (tertiary/aromatic N) is 3. The number of aliphatic carboxylic acids is 1. The first-order valence-corrected chi connectivity index (χ1v) is 15.2. The summed E-state index contributed by atoms with van der Waals surface area (Å²) in [5.74, 6) is -1.72. The Balaban J connectivity index is 0.996. The van der Waals surface area contributed by atoms with Crippen LogP contribution in [0.3, 0.4) is 0 Å². The van der Waals surface area contributed by atoms with Gasteiger partial charge in [0.25, 0.3) is 0 Å². The number of amides is 4. The molecule has 0 spiro atoms. The van der Waals surface area contributed by atoms with Crippen molar-refractivity contribution in [3.8, 4) is 0 Å². The molecule has 2 aromatic carbocycles. The number of piperidine rings is 1. The minimum Gasteiger partial charge on any atom is -0.480 e. The molecule has 41 heavy (non-hydrogen) atoms. The first kappa shape index (κ1) is 29.0. The number of carboxylic acid groups (broad SMARTS) is 1. The van der Waals surface area contributed by atoms with E-state index in [1.165, 1.54) is 21.2 Å². The van der Waals surface area contributed by atoms with Crippen LogP contribution in [-0.2, 0) is 20.8 Å². The summed E-state index contributed by atoms with van der Waals surface area (Å²) in [4.78, 5) is 54.9.